The maximum absolute atomic E-state index is 5.42. The highest BCUT2D eigenvalue weighted by atomic mass is 16.5. The van der Waals surface area contributed by atoms with Crippen LogP contribution in [0.25, 0.3) is 0 Å². The summed E-state index contributed by atoms with van der Waals surface area (Å²) in [7, 11) is 1.73. The van der Waals surface area contributed by atoms with Crippen molar-refractivity contribution >= 4 is 0 Å². The zero-order chi connectivity index (χ0) is 15.0. The average molecular weight is 281 g/mol. The van der Waals surface area contributed by atoms with E-state index in [4.69, 9.17) is 4.74 Å². The van der Waals surface area contributed by atoms with Gasteiger partial charge in [0, 0.05) is 12.0 Å². The average Bonchev–Trinajstić information content (AvgIpc) is 2.48. The highest BCUT2D eigenvalue weighted by molar-refractivity contribution is 5.48. The number of aryl methyl sites for hydroxylation is 1. The minimum Gasteiger partial charge on any atom is -0.497 e. The number of benzene rings is 2. The molecule has 2 aromatic rings. The number of ether oxygens (including phenoxy) is 1. The Morgan fingerprint density at radius 2 is 1.86 bits per heavy atom. The molecule has 2 nitrogen and oxygen atoms in total. The molecule has 110 valence electrons. The predicted molar refractivity (Wildman–Crippen MR) is 87.0 cm³/mol. The van der Waals surface area contributed by atoms with Crippen LogP contribution in [0.1, 0.15) is 42.1 Å². The van der Waals surface area contributed by atoms with Crippen molar-refractivity contribution in [3.05, 3.63) is 64.7 Å². The molecule has 0 aromatic heterocycles. The Bertz CT molecular complexity index is 660. The monoisotopic (exact) mass is 281 g/mol. The summed E-state index contributed by atoms with van der Waals surface area (Å²) in [6.45, 7) is 7.71. The molecule has 0 bridgehead atoms. The Labute approximate surface area is 127 Å². The smallest absolute Gasteiger partial charge is 0.119 e. The second-order valence-electron chi connectivity index (χ2n) is 6.51. The summed E-state index contributed by atoms with van der Waals surface area (Å²) in [5.74, 6) is 0.937. The Morgan fingerprint density at radius 1 is 1.10 bits per heavy atom. The fraction of sp³-hybridized carbons (Fsp3) is 0.368. The SMILES string of the molecule is COc1ccc2c(c1)C(C)(C)CNC2c1ccccc1C. The zero-order valence-electron chi connectivity index (χ0n) is 13.2. The molecule has 1 aliphatic heterocycles. The molecule has 0 radical (unpaired) electrons. The number of hydrogen-bond acceptors (Lipinski definition) is 2. The third-order valence-corrected chi connectivity index (χ3v) is 4.55. The van der Waals surface area contributed by atoms with Gasteiger partial charge in [0.15, 0.2) is 0 Å². The first-order valence-electron chi connectivity index (χ1n) is 7.50. The summed E-state index contributed by atoms with van der Waals surface area (Å²) in [6.07, 6.45) is 0. The lowest BCUT2D eigenvalue weighted by atomic mass is 9.75. The molecule has 21 heavy (non-hydrogen) atoms. The molecule has 0 saturated carbocycles. The van der Waals surface area contributed by atoms with Gasteiger partial charge in [-0.2, -0.15) is 0 Å². The Hall–Kier alpha value is -1.80. The first-order chi connectivity index (χ1) is 10.0. The number of nitrogens with one attached hydrogen (secondary N) is 1. The van der Waals surface area contributed by atoms with E-state index in [1.807, 2.05) is 0 Å². The number of fused-ring (bicyclic) bond motifs is 1. The third-order valence-electron chi connectivity index (χ3n) is 4.55. The van der Waals surface area contributed by atoms with Crippen molar-refractivity contribution in [2.24, 2.45) is 0 Å². The molecule has 0 saturated heterocycles. The molecule has 1 N–H and O–H groups in total. The summed E-state index contributed by atoms with van der Waals surface area (Å²) < 4.78 is 5.42. The Balaban J connectivity index is 2.14. The van der Waals surface area contributed by atoms with E-state index in [2.05, 4.69) is 68.6 Å². The van der Waals surface area contributed by atoms with Crippen molar-refractivity contribution < 1.29 is 4.74 Å². The van der Waals surface area contributed by atoms with E-state index < -0.39 is 0 Å². The quantitative estimate of drug-likeness (QED) is 0.899. The highest BCUT2D eigenvalue weighted by Gasteiger charge is 2.33. The molecular weight excluding hydrogens is 258 g/mol. The van der Waals surface area contributed by atoms with Crippen LogP contribution in [-0.2, 0) is 5.41 Å². The van der Waals surface area contributed by atoms with Gasteiger partial charge in [0.2, 0.25) is 0 Å². The maximum atomic E-state index is 5.42. The van der Waals surface area contributed by atoms with Crippen molar-refractivity contribution in [3.63, 3.8) is 0 Å². The van der Waals surface area contributed by atoms with Crippen LogP contribution >= 0.6 is 0 Å². The van der Waals surface area contributed by atoms with Gasteiger partial charge < -0.3 is 10.1 Å². The van der Waals surface area contributed by atoms with Crippen LogP contribution < -0.4 is 10.1 Å². The van der Waals surface area contributed by atoms with Crippen LogP contribution in [0.3, 0.4) is 0 Å². The van der Waals surface area contributed by atoms with Crippen LogP contribution in [0.15, 0.2) is 42.5 Å². The van der Waals surface area contributed by atoms with Gasteiger partial charge in [-0.15, -0.1) is 0 Å². The first kappa shape index (κ1) is 14.2. The van der Waals surface area contributed by atoms with Crippen molar-refractivity contribution in [1.82, 2.24) is 5.32 Å². The summed E-state index contributed by atoms with van der Waals surface area (Å²) in [6, 6.07) is 15.3. The zero-order valence-corrected chi connectivity index (χ0v) is 13.2. The Kier molecular flexibility index (Phi) is 3.50. The molecule has 0 aliphatic carbocycles. The van der Waals surface area contributed by atoms with Gasteiger partial charge in [-0.3, -0.25) is 0 Å². The van der Waals surface area contributed by atoms with Gasteiger partial charge in [0.25, 0.3) is 0 Å². The van der Waals surface area contributed by atoms with Gasteiger partial charge >= 0.3 is 0 Å². The topological polar surface area (TPSA) is 21.3 Å². The van der Waals surface area contributed by atoms with Crippen molar-refractivity contribution in [2.75, 3.05) is 13.7 Å². The van der Waals surface area contributed by atoms with Gasteiger partial charge in [-0.1, -0.05) is 44.2 Å². The van der Waals surface area contributed by atoms with Crippen molar-refractivity contribution in [3.8, 4) is 5.75 Å². The summed E-state index contributed by atoms with van der Waals surface area (Å²) in [5.41, 5.74) is 5.55. The first-order valence-corrected chi connectivity index (χ1v) is 7.50. The summed E-state index contributed by atoms with van der Waals surface area (Å²) in [4.78, 5) is 0. The Morgan fingerprint density at radius 3 is 2.57 bits per heavy atom. The van der Waals surface area contributed by atoms with E-state index in [1.165, 1.54) is 22.3 Å². The van der Waals surface area contributed by atoms with E-state index in [9.17, 15) is 0 Å². The molecule has 0 spiro atoms. The second-order valence-corrected chi connectivity index (χ2v) is 6.51. The third kappa shape index (κ3) is 2.44. The molecule has 1 heterocycles. The van der Waals surface area contributed by atoms with Crippen molar-refractivity contribution in [2.45, 2.75) is 32.2 Å². The van der Waals surface area contributed by atoms with Crippen LogP contribution in [-0.4, -0.2) is 13.7 Å². The van der Waals surface area contributed by atoms with E-state index in [1.54, 1.807) is 7.11 Å². The number of hydrogen-bond donors (Lipinski definition) is 1. The molecule has 2 aromatic carbocycles. The van der Waals surface area contributed by atoms with Crippen molar-refractivity contribution in [1.29, 1.82) is 0 Å². The molecule has 0 amide bonds. The minimum atomic E-state index is 0.114. The molecule has 3 rings (SSSR count). The lowest BCUT2D eigenvalue weighted by Crippen LogP contribution is -2.42. The maximum Gasteiger partial charge on any atom is 0.119 e. The molecule has 1 unspecified atom stereocenters. The van der Waals surface area contributed by atoms with E-state index in [0.29, 0.717) is 0 Å². The minimum absolute atomic E-state index is 0.114. The van der Waals surface area contributed by atoms with E-state index >= 15 is 0 Å². The van der Waals surface area contributed by atoms with Gasteiger partial charge in [-0.05, 0) is 41.3 Å². The highest BCUT2D eigenvalue weighted by Crippen LogP contribution is 2.39. The van der Waals surface area contributed by atoms with Gasteiger partial charge in [-0.25, -0.2) is 0 Å². The standard InChI is InChI=1S/C19H23NO/c1-13-7-5-6-8-15(13)18-16-10-9-14(21-4)11-17(16)19(2,3)12-20-18/h5-11,18,20H,12H2,1-4H3. The molecule has 2 heteroatoms. The fourth-order valence-corrected chi connectivity index (χ4v) is 3.25. The van der Waals surface area contributed by atoms with Gasteiger partial charge in [0.1, 0.15) is 5.75 Å². The van der Waals surface area contributed by atoms with Gasteiger partial charge in [0.05, 0.1) is 13.2 Å². The van der Waals surface area contributed by atoms with Crippen LogP contribution in [0.2, 0.25) is 0 Å². The molecular formula is C19H23NO. The van der Waals surface area contributed by atoms with Crippen LogP contribution in [0.5, 0.6) is 5.75 Å². The molecule has 1 atom stereocenters. The largest absolute Gasteiger partial charge is 0.497 e. The number of methoxy groups -OCH3 is 1. The predicted octanol–water partition coefficient (Wildman–Crippen LogP) is 3.97. The summed E-state index contributed by atoms with van der Waals surface area (Å²) >= 11 is 0. The normalized spacial score (nSPS) is 19.9. The summed E-state index contributed by atoms with van der Waals surface area (Å²) in [5, 5.41) is 3.72. The molecule has 0 fully saturated rings. The fourth-order valence-electron chi connectivity index (χ4n) is 3.25. The lowest BCUT2D eigenvalue weighted by molar-refractivity contribution is 0.391. The van der Waals surface area contributed by atoms with E-state index in [0.717, 1.165) is 12.3 Å². The van der Waals surface area contributed by atoms with Crippen LogP contribution in [0.4, 0.5) is 0 Å². The second kappa shape index (κ2) is 5.19. The van der Waals surface area contributed by atoms with Crippen LogP contribution in [0, 0.1) is 6.92 Å². The lowest BCUT2D eigenvalue weighted by Gasteiger charge is -2.39. The molecule has 1 aliphatic rings. The number of rotatable bonds is 2. The van der Waals surface area contributed by atoms with E-state index in [-0.39, 0.29) is 11.5 Å².